The largest absolute Gasteiger partial charge is 0.377 e. The van der Waals surface area contributed by atoms with Gasteiger partial charge < -0.3 is 14.4 Å². The van der Waals surface area contributed by atoms with Crippen LogP contribution >= 0.6 is 11.9 Å². The Morgan fingerprint density at radius 1 is 1.37 bits per heavy atom. The Morgan fingerprint density at radius 3 is 3.00 bits per heavy atom. The minimum absolute atomic E-state index is 0.289. The van der Waals surface area contributed by atoms with E-state index in [4.69, 9.17) is 4.74 Å². The van der Waals surface area contributed by atoms with Gasteiger partial charge in [-0.1, -0.05) is 0 Å². The number of ether oxygens (including phenoxy) is 1. The molecule has 102 valence electrons. The summed E-state index contributed by atoms with van der Waals surface area (Å²) in [5.74, 6) is -0.830. The molecule has 2 heterocycles. The first-order valence-electron chi connectivity index (χ1n) is 6.19. The third-order valence-corrected chi connectivity index (χ3v) is 4.10. The number of nitrogens with one attached hydrogen (secondary N) is 2. The molecular weight excluding hydrogens is 270 g/mol. The molecule has 0 spiro atoms. The summed E-state index contributed by atoms with van der Waals surface area (Å²) >= 11 is 1.52. The second-order valence-corrected chi connectivity index (χ2v) is 5.39. The number of anilines is 1. The van der Waals surface area contributed by atoms with Crippen molar-refractivity contribution in [3.05, 3.63) is 30.0 Å². The van der Waals surface area contributed by atoms with Gasteiger partial charge in [0.05, 0.1) is 17.3 Å². The third-order valence-electron chi connectivity index (χ3n) is 3.20. The molecule has 1 saturated heterocycles. The monoisotopic (exact) mass is 284 g/mol. The fourth-order valence-electron chi connectivity index (χ4n) is 2.19. The van der Waals surface area contributed by atoms with Crippen LogP contribution in [-0.4, -0.2) is 23.4 Å². The molecule has 19 heavy (non-hydrogen) atoms. The number of hydrogen-bond donors (Lipinski definition) is 2. The van der Waals surface area contributed by atoms with Gasteiger partial charge in [0, 0.05) is 30.0 Å². The van der Waals surface area contributed by atoms with Crippen molar-refractivity contribution in [1.29, 1.82) is 0 Å². The number of aromatic amines is 1. The lowest BCUT2D eigenvalue weighted by Gasteiger charge is -2.09. The fraction of sp³-hybridized carbons (Fsp3) is 0.385. The van der Waals surface area contributed by atoms with Crippen LogP contribution in [0.25, 0.3) is 10.9 Å². The van der Waals surface area contributed by atoms with Gasteiger partial charge in [0.25, 0.3) is 0 Å². The van der Waals surface area contributed by atoms with Crippen LogP contribution in [0.5, 0.6) is 0 Å². The highest BCUT2D eigenvalue weighted by Gasteiger charge is 2.15. The van der Waals surface area contributed by atoms with Gasteiger partial charge in [-0.3, -0.25) is 0 Å². The first kappa shape index (κ1) is 12.7. The molecular formula is C13H14F2N2OS. The standard InChI is InChI=1S/C13H14F2N2OS/c14-10-4-9-12(5-11(10)15)16-6-13(9)17-19-7-8-2-1-3-18-8/h4-6,8,16-17H,1-3,7H2. The molecule has 0 bridgehead atoms. The summed E-state index contributed by atoms with van der Waals surface area (Å²) in [6, 6.07) is 2.37. The second-order valence-electron chi connectivity index (χ2n) is 4.56. The van der Waals surface area contributed by atoms with Crippen molar-refractivity contribution in [2.45, 2.75) is 18.9 Å². The van der Waals surface area contributed by atoms with Crippen LogP contribution in [0.15, 0.2) is 18.3 Å². The van der Waals surface area contributed by atoms with Crippen molar-refractivity contribution in [1.82, 2.24) is 4.98 Å². The quantitative estimate of drug-likeness (QED) is 0.841. The number of rotatable bonds is 4. The van der Waals surface area contributed by atoms with E-state index in [0.717, 1.165) is 30.9 Å². The minimum atomic E-state index is -0.840. The van der Waals surface area contributed by atoms with Crippen LogP contribution in [0.3, 0.4) is 0 Å². The molecule has 1 fully saturated rings. The zero-order valence-corrected chi connectivity index (χ0v) is 11.0. The van der Waals surface area contributed by atoms with Gasteiger partial charge in [0.15, 0.2) is 11.6 Å². The molecule has 1 aliphatic rings. The molecule has 0 amide bonds. The summed E-state index contributed by atoms with van der Waals surface area (Å²) in [6.45, 7) is 0.836. The van der Waals surface area contributed by atoms with Crippen LogP contribution in [0.2, 0.25) is 0 Å². The number of hydrogen-bond acceptors (Lipinski definition) is 3. The molecule has 6 heteroatoms. The lowest BCUT2D eigenvalue weighted by molar-refractivity contribution is 0.129. The highest BCUT2D eigenvalue weighted by molar-refractivity contribution is 8.00. The third kappa shape index (κ3) is 2.69. The van der Waals surface area contributed by atoms with E-state index in [9.17, 15) is 8.78 Å². The molecule has 2 aromatic rings. The summed E-state index contributed by atoms with van der Waals surface area (Å²) < 4.78 is 35.0. The molecule has 1 aromatic carbocycles. The molecule has 1 atom stereocenters. The number of H-pyrrole nitrogens is 1. The van der Waals surface area contributed by atoms with E-state index in [1.165, 1.54) is 24.1 Å². The van der Waals surface area contributed by atoms with Gasteiger partial charge in [-0.2, -0.15) is 0 Å². The van der Waals surface area contributed by atoms with Crippen LogP contribution in [0, 0.1) is 11.6 Å². The Balaban J connectivity index is 1.68. The molecule has 1 aliphatic heterocycles. The van der Waals surface area contributed by atoms with E-state index in [2.05, 4.69) is 9.71 Å². The summed E-state index contributed by atoms with van der Waals surface area (Å²) in [7, 11) is 0. The van der Waals surface area contributed by atoms with Gasteiger partial charge in [0.2, 0.25) is 0 Å². The Bertz CT molecular complexity index is 581. The van der Waals surface area contributed by atoms with Crippen LogP contribution < -0.4 is 4.72 Å². The van der Waals surface area contributed by atoms with Gasteiger partial charge in [-0.05, 0) is 30.9 Å². The van der Waals surface area contributed by atoms with E-state index in [-0.39, 0.29) is 6.10 Å². The van der Waals surface area contributed by atoms with Gasteiger partial charge in [0.1, 0.15) is 0 Å². The second kappa shape index (κ2) is 5.38. The maximum atomic E-state index is 13.2. The number of benzene rings is 1. The molecule has 0 saturated carbocycles. The Kier molecular flexibility index (Phi) is 3.61. The summed E-state index contributed by atoms with van der Waals surface area (Å²) in [4.78, 5) is 2.92. The van der Waals surface area contributed by atoms with E-state index in [0.29, 0.717) is 10.9 Å². The van der Waals surface area contributed by atoms with E-state index >= 15 is 0 Å². The highest BCUT2D eigenvalue weighted by Crippen LogP contribution is 2.28. The maximum Gasteiger partial charge on any atom is 0.160 e. The predicted molar refractivity (Wildman–Crippen MR) is 73.3 cm³/mol. The predicted octanol–water partition coefficient (Wildman–Crippen LogP) is 3.69. The van der Waals surface area contributed by atoms with Crippen molar-refractivity contribution in [3.63, 3.8) is 0 Å². The fourth-order valence-corrected chi connectivity index (χ4v) is 3.05. The van der Waals surface area contributed by atoms with Crippen LogP contribution in [0.4, 0.5) is 14.5 Å². The lowest BCUT2D eigenvalue weighted by atomic mass is 10.2. The highest BCUT2D eigenvalue weighted by atomic mass is 32.2. The van der Waals surface area contributed by atoms with Crippen molar-refractivity contribution in [2.24, 2.45) is 0 Å². The number of halogens is 2. The molecule has 0 radical (unpaired) electrons. The first-order valence-corrected chi connectivity index (χ1v) is 7.18. The minimum Gasteiger partial charge on any atom is -0.377 e. The van der Waals surface area contributed by atoms with E-state index < -0.39 is 11.6 Å². The average molecular weight is 284 g/mol. The Morgan fingerprint density at radius 2 is 2.21 bits per heavy atom. The van der Waals surface area contributed by atoms with Gasteiger partial charge in [-0.25, -0.2) is 8.78 Å². The van der Waals surface area contributed by atoms with Crippen molar-refractivity contribution in [3.8, 4) is 0 Å². The van der Waals surface area contributed by atoms with Crippen molar-refractivity contribution in [2.75, 3.05) is 17.1 Å². The van der Waals surface area contributed by atoms with Crippen molar-refractivity contribution < 1.29 is 13.5 Å². The molecule has 3 rings (SSSR count). The molecule has 1 unspecified atom stereocenters. The van der Waals surface area contributed by atoms with E-state index in [1.54, 1.807) is 6.20 Å². The summed E-state index contributed by atoms with van der Waals surface area (Å²) in [5, 5.41) is 0.652. The number of aromatic nitrogens is 1. The topological polar surface area (TPSA) is 37.0 Å². The maximum absolute atomic E-state index is 13.2. The zero-order valence-electron chi connectivity index (χ0n) is 10.2. The van der Waals surface area contributed by atoms with E-state index in [1.807, 2.05) is 0 Å². The van der Waals surface area contributed by atoms with Gasteiger partial charge >= 0.3 is 0 Å². The number of fused-ring (bicyclic) bond motifs is 1. The Hall–Kier alpha value is -1.27. The van der Waals surface area contributed by atoms with Crippen LogP contribution in [-0.2, 0) is 4.74 Å². The molecule has 3 nitrogen and oxygen atoms in total. The Labute approximate surface area is 113 Å². The zero-order chi connectivity index (χ0) is 13.2. The molecule has 1 aromatic heterocycles. The normalized spacial score (nSPS) is 19.2. The summed E-state index contributed by atoms with van der Waals surface area (Å²) in [5.41, 5.74) is 1.34. The average Bonchev–Trinajstić information content (AvgIpc) is 3.02. The van der Waals surface area contributed by atoms with Crippen LogP contribution in [0.1, 0.15) is 12.8 Å². The van der Waals surface area contributed by atoms with Gasteiger partial charge in [-0.15, -0.1) is 0 Å². The van der Waals surface area contributed by atoms with Crippen molar-refractivity contribution >= 4 is 28.5 Å². The first-order chi connectivity index (χ1) is 9.24. The lowest BCUT2D eigenvalue weighted by Crippen LogP contribution is -2.09. The SMILES string of the molecule is Fc1cc2[nH]cc(NSCC3CCCO3)c2cc1F. The molecule has 2 N–H and O–H groups in total. The molecule has 0 aliphatic carbocycles. The summed E-state index contributed by atoms with van der Waals surface area (Å²) in [6.07, 6.45) is 4.20. The smallest absolute Gasteiger partial charge is 0.160 e.